The van der Waals surface area contributed by atoms with E-state index in [4.69, 9.17) is 15.2 Å². The zero-order valence-corrected chi connectivity index (χ0v) is 20.8. The second-order valence-corrected chi connectivity index (χ2v) is 10.8. The van der Waals surface area contributed by atoms with E-state index >= 15 is 0 Å². The molecule has 5 rings (SSSR count). The van der Waals surface area contributed by atoms with Gasteiger partial charge in [0.1, 0.15) is 0 Å². The summed E-state index contributed by atoms with van der Waals surface area (Å²) in [6, 6.07) is 17.4. The van der Waals surface area contributed by atoms with E-state index in [1.807, 2.05) is 4.31 Å². The van der Waals surface area contributed by atoms with Crippen LogP contribution in [0.4, 0.5) is 4.79 Å². The van der Waals surface area contributed by atoms with Gasteiger partial charge in [-0.25, -0.2) is 4.79 Å². The van der Waals surface area contributed by atoms with Crippen LogP contribution in [0.3, 0.4) is 0 Å². The molecule has 2 aromatic rings. The van der Waals surface area contributed by atoms with Crippen LogP contribution in [-0.4, -0.2) is 46.4 Å². The molecule has 6 nitrogen and oxygen atoms in total. The van der Waals surface area contributed by atoms with Gasteiger partial charge in [-0.3, -0.25) is 9.21 Å². The predicted octanol–water partition coefficient (Wildman–Crippen LogP) is 5.31. The summed E-state index contributed by atoms with van der Waals surface area (Å²) in [5.74, 6) is 2.61. The van der Waals surface area contributed by atoms with E-state index in [-0.39, 0.29) is 17.5 Å². The molecule has 182 valence electrons. The highest BCUT2D eigenvalue weighted by molar-refractivity contribution is 7.97. The largest absolute Gasteiger partial charge is 0.454 e. The number of amides is 2. The smallest absolute Gasteiger partial charge is 0.325 e. The lowest BCUT2D eigenvalue weighted by Crippen LogP contribution is -2.52. The van der Waals surface area contributed by atoms with Gasteiger partial charge in [0.15, 0.2) is 11.5 Å². The molecule has 1 aliphatic carbocycles. The van der Waals surface area contributed by atoms with E-state index in [1.54, 1.807) is 11.9 Å². The van der Waals surface area contributed by atoms with Gasteiger partial charge < -0.3 is 15.2 Å². The first-order chi connectivity index (χ1) is 16.6. The number of ether oxygens (including phenoxy) is 2. The van der Waals surface area contributed by atoms with E-state index < -0.39 is 0 Å². The predicted molar refractivity (Wildman–Crippen MR) is 136 cm³/mol. The number of benzene rings is 2. The fourth-order valence-electron chi connectivity index (χ4n) is 6.04. The number of nitrogens with zero attached hydrogens (tertiary/aromatic N) is 2. The van der Waals surface area contributed by atoms with Crippen LogP contribution in [0.1, 0.15) is 56.6 Å². The molecule has 0 radical (unpaired) electrons. The van der Waals surface area contributed by atoms with Gasteiger partial charge in [0, 0.05) is 29.8 Å². The fourth-order valence-corrected chi connectivity index (χ4v) is 7.19. The highest BCUT2D eigenvalue weighted by atomic mass is 32.2. The molecule has 2 amide bonds. The van der Waals surface area contributed by atoms with Crippen molar-refractivity contribution in [3.05, 3.63) is 59.7 Å². The maximum atomic E-state index is 12.4. The first kappa shape index (κ1) is 23.4. The van der Waals surface area contributed by atoms with Gasteiger partial charge in [-0.2, -0.15) is 0 Å². The monoisotopic (exact) mass is 481 g/mol. The minimum absolute atomic E-state index is 0.0453. The standard InChI is InChI=1S/C27H35N3O3S/c1-2-3-15-34-30(26(28)31)22-11-12-27(21-9-10-23-24(16-21)33-19-32-23)13-14-29(25(27)17-22)18-20-7-5-4-6-8-20/h4-10,16,22,25H,2-3,11-15,17-19H2,1H3,(H2,28,31). The molecule has 3 unspecified atom stereocenters. The lowest BCUT2D eigenvalue weighted by Gasteiger charge is -2.47. The lowest BCUT2D eigenvalue weighted by molar-refractivity contribution is 0.113. The summed E-state index contributed by atoms with van der Waals surface area (Å²) in [5, 5.41) is 0. The summed E-state index contributed by atoms with van der Waals surface area (Å²) in [6.45, 7) is 4.43. The Kier molecular flexibility index (Phi) is 6.93. The first-order valence-corrected chi connectivity index (χ1v) is 13.4. The molecule has 2 heterocycles. The number of nitrogens with two attached hydrogens (primary N) is 1. The average Bonchev–Trinajstić information content (AvgIpc) is 3.47. The molecule has 7 heteroatoms. The number of hydrogen-bond acceptors (Lipinski definition) is 5. The number of carbonyl (C=O) groups excluding carboxylic acids is 1. The van der Waals surface area contributed by atoms with E-state index in [9.17, 15) is 4.79 Å². The molecule has 0 aromatic heterocycles. The van der Waals surface area contributed by atoms with E-state index in [0.717, 1.165) is 68.9 Å². The molecule has 1 saturated carbocycles. The Morgan fingerprint density at radius 2 is 2.00 bits per heavy atom. The molecule has 2 aromatic carbocycles. The molecule has 3 atom stereocenters. The van der Waals surface area contributed by atoms with E-state index in [2.05, 4.69) is 60.4 Å². The average molecular weight is 482 g/mol. The molecule has 2 aliphatic heterocycles. The maximum absolute atomic E-state index is 12.4. The Bertz CT molecular complexity index is 1000. The third kappa shape index (κ3) is 4.48. The Hall–Kier alpha value is -2.38. The number of urea groups is 1. The summed E-state index contributed by atoms with van der Waals surface area (Å²) < 4.78 is 13.2. The van der Waals surface area contributed by atoms with Crippen molar-refractivity contribution < 1.29 is 14.3 Å². The molecule has 0 bridgehead atoms. The molecular weight excluding hydrogens is 446 g/mol. The van der Waals surface area contributed by atoms with Crippen molar-refractivity contribution in [2.45, 2.75) is 69.5 Å². The van der Waals surface area contributed by atoms with Crippen LogP contribution in [0.25, 0.3) is 0 Å². The van der Waals surface area contributed by atoms with Crippen molar-refractivity contribution in [1.82, 2.24) is 9.21 Å². The second kappa shape index (κ2) is 10.1. The molecular formula is C27H35N3O3S. The van der Waals surface area contributed by atoms with Gasteiger partial charge in [0.05, 0.1) is 0 Å². The van der Waals surface area contributed by atoms with Gasteiger partial charge in [-0.15, -0.1) is 0 Å². The summed E-state index contributed by atoms with van der Waals surface area (Å²) >= 11 is 1.61. The number of hydrogen-bond donors (Lipinski definition) is 1. The summed E-state index contributed by atoms with van der Waals surface area (Å²) in [6.07, 6.45) is 6.24. The lowest BCUT2D eigenvalue weighted by atomic mass is 9.65. The molecule has 0 spiro atoms. The minimum Gasteiger partial charge on any atom is -0.454 e. The van der Waals surface area contributed by atoms with Crippen molar-refractivity contribution >= 4 is 18.0 Å². The van der Waals surface area contributed by atoms with Crippen LogP contribution < -0.4 is 15.2 Å². The first-order valence-electron chi connectivity index (χ1n) is 12.5. The van der Waals surface area contributed by atoms with Crippen LogP contribution in [0.15, 0.2) is 48.5 Å². The number of carbonyl (C=O) groups is 1. The quantitative estimate of drug-likeness (QED) is 0.409. The number of primary amides is 1. The third-order valence-electron chi connectivity index (χ3n) is 7.80. The van der Waals surface area contributed by atoms with E-state index in [0.29, 0.717) is 12.8 Å². The van der Waals surface area contributed by atoms with Crippen molar-refractivity contribution in [1.29, 1.82) is 0 Å². The van der Waals surface area contributed by atoms with Crippen LogP contribution >= 0.6 is 11.9 Å². The minimum atomic E-state index is -0.311. The van der Waals surface area contributed by atoms with Crippen LogP contribution in [0.5, 0.6) is 11.5 Å². The van der Waals surface area contributed by atoms with Crippen molar-refractivity contribution in [2.24, 2.45) is 5.73 Å². The van der Waals surface area contributed by atoms with Crippen molar-refractivity contribution in [2.75, 3.05) is 19.1 Å². The van der Waals surface area contributed by atoms with E-state index in [1.165, 1.54) is 11.1 Å². The Morgan fingerprint density at radius 1 is 1.18 bits per heavy atom. The third-order valence-corrected chi connectivity index (χ3v) is 9.02. The second-order valence-electron chi connectivity index (χ2n) is 9.73. The Balaban J connectivity index is 1.44. The van der Waals surface area contributed by atoms with Gasteiger partial charge in [-0.05, 0) is 73.9 Å². The van der Waals surface area contributed by atoms with Crippen molar-refractivity contribution in [3.8, 4) is 11.5 Å². The molecule has 3 aliphatic rings. The topological polar surface area (TPSA) is 68.0 Å². The maximum Gasteiger partial charge on any atom is 0.325 e. The SMILES string of the molecule is CCCCSN(C(N)=O)C1CCC2(c3ccc4c(c3)OCO4)CCN(Cc3ccccc3)C2C1. The summed E-state index contributed by atoms with van der Waals surface area (Å²) in [5.41, 5.74) is 8.58. The fraction of sp³-hybridized carbons (Fsp3) is 0.519. The van der Waals surface area contributed by atoms with Gasteiger partial charge in [0.25, 0.3) is 0 Å². The highest BCUT2D eigenvalue weighted by Crippen LogP contribution is 2.52. The van der Waals surface area contributed by atoms with Gasteiger partial charge in [-0.1, -0.05) is 49.7 Å². The number of likely N-dealkylation sites (tertiary alicyclic amines) is 1. The molecule has 2 N–H and O–H groups in total. The zero-order chi connectivity index (χ0) is 23.5. The number of fused-ring (bicyclic) bond motifs is 2. The van der Waals surface area contributed by atoms with Gasteiger partial charge >= 0.3 is 6.03 Å². The molecule has 34 heavy (non-hydrogen) atoms. The highest BCUT2D eigenvalue weighted by Gasteiger charge is 2.52. The Morgan fingerprint density at radius 3 is 2.79 bits per heavy atom. The van der Waals surface area contributed by atoms with Crippen LogP contribution in [0.2, 0.25) is 0 Å². The van der Waals surface area contributed by atoms with Crippen LogP contribution in [0, 0.1) is 0 Å². The van der Waals surface area contributed by atoms with Crippen LogP contribution in [-0.2, 0) is 12.0 Å². The molecule has 2 fully saturated rings. The summed E-state index contributed by atoms with van der Waals surface area (Å²) in [7, 11) is 0. The van der Waals surface area contributed by atoms with Crippen molar-refractivity contribution in [3.63, 3.8) is 0 Å². The van der Waals surface area contributed by atoms with Gasteiger partial charge in [0.2, 0.25) is 6.79 Å². The molecule has 1 saturated heterocycles. The zero-order valence-electron chi connectivity index (χ0n) is 19.9. The normalized spacial score (nSPS) is 25.8. The number of unbranched alkanes of at least 4 members (excludes halogenated alkanes) is 1. The summed E-state index contributed by atoms with van der Waals surface area (Å²) in [4.78, 5) is 15.0. The number of rotatable bonds is 8. The Labute approximate surface area is 206 Å².